The van der Waals surface area contributed by atoms with Gasteiger partial charge in [-0.3, -0.25) is 9.59 Å². The Morgan fingerprint density at radius 2 is 2.11 bits per heavy atom. The highest BCUT2D eigenvalue weighted by Gasteiger charge is 2.12. The van der Waals surface area contributed by atoms with Gasteiger partial charge in [-0.05, 0) is 24.6 Å². The molecule has 0 fully saturated rings. The van der Waals surface area contributed by atoms with Crippen LogP contribution in [0.2, 0.25) is 5.02 Å². The molecule has 0 spiro atoms. The zero-order valence-electron chi connectivity index (χ0n) is 10.1. The first-order valence-corrected chi connectivity index (χ1v) is 6.02. The molecule has 1 rings (SSSR count). The van der Waals surface area contributed by atoms with E-state index in [1.807, 2.05) is 6.92 Å². The van der Waals surface area contributed by atoms with Crippen molar-refractivity contribution < 1.29 is 9.59 Å². The Bertz CT molecular complexity index is 449. The Labute approximate surface area is 111 Å². The number of nitrogens with two attached hydrogens (primary N) is 1. The van der Waals surface area contributed by atoms with Gasteiger partial charge in [0.1, 0.15) is 0 Å². The monoisotopic (exact) mass is 269 g/mol. The number of hydrogen-bond acceptors (Lipinski definition) is 3. The molecule has 6 heteroatoms. The molecule has 98 valence electrons. The van der Waals surface area contributed by atoms with E-state index in [4.69, 9.17) is 17.3 Å². The molecule has 0 aliphatic carbocycles. The first-order chi connectivity index (χ1) is 8.54. The van der Waals surface area contributed by atoms with Gasteiger partial charge in [-0.15, -0.1) is 0 Å². The van der Waals surface area contributed by atoms with E-state index in [0.29, 0.717) is 16.3 Å². The van der Waals surface area contributed by atoms with Gasteiger partial charge in [0.25, 0.3) is 5.91 Å². The van der Waals surface area contributed by atoms with Crippen LogP contribution in [0, 0.1) is 0 Å². The molecule has 0 radical (unpaired) electrons. The lowest BCUT2D eigenvalue weighted by molar-refractivity contribution is -0.117. The molecule has 1 aromatic carbocycles. The maximum Gasteiger partial charge on any atom is 0.253 e. The van der Waals surface area contributed by atoms with Crippen LogP contribution < -0.4 is 16.4 Å². The Morgan fingerprint density at radius 1 is 1.39 bits per heavy atom. The molecule has 0 saturated carbocycles. The Morgan fingerprint density at radius 3 is 2.72 bits per heavy atom. The predicted octanol–water partition coefficient (Wildman–Crippen LogP) is 1.38. The van der Waals surface area contributed by atoms with Crippen LogP contribution in [-0.2, 0) is 4.79 Å². The SMILES string of the molecule is CCCNc1ccc(Cl)cc1C(=O)NCC(N)=O. The van der Waals surface area contributed by atoms with Gasteiger partial charge in [0, 0.05) is 17.3 Å². The van der Waals surface area contributed by atoms with Gasteiger partial charge in [-0.25, -0.2) is 0 Å². The maximum absolute atomic E-state index is 11.9. The van der Waals surface area contributed by atoms with E-state index in [1.165, 1.54) is 0 Å². The Kier molecular flexibility index (Phi) is 5.45. The number of carbonyl (C=O) groups excluding carboxylic acids is 2. The molecule has 5 nitrogen and oxygen atoms in total. The Balaban J connectivity index is 2.86. The van der Waals surface area contributed by atoms with Gasteiger partial charge < -0.3 is 16.4 Å². The fourth-order valence-corrected chi connectivity index (χ4v) is 1.55. The van der Waals surface area contributed by atoms with Crippen LogP contribution in [0.4, 0.5) is 5.69 Å². The van der Waals surface area contributed by atoms with E-state index in [0.717, 1.165) is 13.0 Å². The molecule has 0 heterocycles. The molecule has 0 aliphatic rings. The third kappa shape index (κ3) is 4.25. The van der Waals surface area contributed by atoms with E-state index >= 15 is 0 Å². The average molecular weight is 270 g/mol. The van der Waals surface area contributed by atoms with Gasteiger partial charge in [-0.1, -0.05) is 18.5 Å². The lowest BCUT2D eigenvalue weighted by Crippen LogP contribution is -2.33. The van der Waals surface area contributed by atoms with Crippen molar-refractivity contribution in [2.24, 2.45) is 5.73 Å². The molecule has 0 bridgehead atoms. The van der Waals surface area contributed by atoms with E-state index in [-0.39, 0.29) is 12.5 Å². The van der Waals surface area contributed by atoms with Crippen LogP contribution >= 0.6 is 11.6 Å². The van der Waals surface area contributed by atoms with Gasteiger partial charge in [0.05, 0.1) is 12.1 Å². The summed E-state index contributed by atoms with van der Waals surface area (Å²) in [5.74, 6) is -0.969. The number of amides is 2. The number of carbonyl (C=O) groups is 2. The van der Waals surface area contributed by atoms with Gasteiger partial charge in [0.2, 0.25) is 5.91 Å². The molecular formula is C12H16ClN3O2. The minimum Gasteiger partial charge on any atom is -0.384 e. The summed E-state index contributed by atoms with van der Waals surface area (Å²) in [7, 11) is 0. The number of halogens is 1. The smallest absolute Gasteiger partial charge is 0.253 e. The summed E-state index contributed by atoms with van der Waals surface area (Å²) in [5.41, 5.74) is 6.06. The summed E-state index contributed by atoms with van der Waals surface area (Å²) in [5, 5.41) is 6.01. The first-order valence-electron chi connectivity index (χ1n) is 5.64. The molecule has 18 heavy (non-hydrogen) atoms. The lowest BCUT2D eigenvalue weighted by Gasteiger charge is -2.11. The van der Waals surface area contributed by atoms with E-state index < -0.39 is 5.91 Å². The van der Waals surface area contributed by atoms with Gasteiger partial charge in [0.15, 0.2) is 0 Å². The second-order valence-electron chi connectivity index (χ2n) is 3.77. The first kappa shape index (κ1) is 14.3. The molecule has 1 aromatic rings. The molecule has 0 saturated heterocycles. The standard InChI is InChI=1S/C12H16ClN3O2/c1-2-5-15-10-4-3-8(13)6-9(10)12(18)16-7-11(14)17/h3-4,6,15H,2,5,7H2,1H3,(H2,14,17)(H,16,18). The topological polar surface area (TPSA) is 84.2 Å². The van der Waals surface area contributed by atoms with Gasteiger partial charge >= 0.3 is 0 Å². The zero-order chi connectivity index (χ0) is 13.5. The largest absolute Gasteiger partial charge is 0.384 e. The number of rotatable bonds is 6. The molecule has 4 N–H and O–H groups in total. The number of benzene rings is 1. The van der Waals surface area contributed by atoms with Crippen molar-refractivity contribution in [3.63, 3.8) is 0 Å². The van der Waals surface area contributed by atoms with E-state index in [2.05, 4.69) is 10.6 Å². The molecule has 0 aromatic heterocycles. The van der Waals surface area contributed by atoms with Crippen molar-refractivity contribution in [2.75, 3.05) is 18.4 Å². The van der Waals surface area contributed by atoms with Crippen molar-refractivity contribution in [1.82, 2.24) is 5.32 Å². The van der Waals surface area contributed by atoms with Crippen LogP contribution in [-0.4, -0.2) is 24.9 Å². The van der Waals surface area contributed by atoms with Crippen molar-refractivity contribution in [2.45, 2.75) is 13.3 Å². The molecule has 0 aliphatic heterocycles. The zero-order valence-corrected chi connectivity index (χ0v) is 10.9. The number of hydrogen-bond donors (Lipinski definition) is 3. The fraction of sp³-hybridized carbons (Fsp3) is 0.333. The van der Waals surface area contributed by atoms with Crippen molar-refractivity contribution in [3.05, 3.63) is 28.8 Å². The van der Waals surface area contributed by atoms with Crippen molar-refractivity contribution in [1.29, 1.82) is 0 Å². The quantitative estimate of drug-likeness (QED) is 0.729. The van der Waals surface area contributed by atoms with E-state index in [1.54, 1.807) is 18.2 Å². The fourth-order valence-electron chi connectivity index (χ4n) is 1.38. The van der Waals surface area contributed by atoms with Gasteiger partial charge in [-0.2, -0.15) is 0 Å². The third-order valence-electron chi connectivity index (χ3n) is 2.21. The summed E-state index contributed by atoms with van der Waals surface area (Å²) < 4.78 is 0. The van der Waals surface area contributed by atoms with Crippen LogP contribution in [0.15, 0.2) is 18.2 Å². The predicted molar refractivity (Wildman–Crippen MR) is 71.8 cm³/mol. The van der Waals surface area contributed by atoms with E-state index in [9.17, 15) is 9.59 Å². The Hall–Kier alpha value is -1.75. The molecule has 2 amide bonds. The number of anilines is 1. The summed E-state index contributed by atoms with van der Waals surface area (Å²) in [6, 6.07) is 4.98. The molecular weight excluding hydrogens is 254 g/mol. The van der Waals surface area contributed by atoms with Crippen LogP contribution in [0.25, 0.3) is 0 Å². The van der Waals surface area contributed by atoms with Crippen LogP contribution in [0.1, 0.15) is 23.7 Å². The minimum absolute atomic E-state index is 0.196. The minimum atomic E-state index is -0.589. The second kappa shape index (κ2) is 6.86. The molecule has 0 atom stereocenters. The van der Waals surface area contributed by atoms with Crippen molar-refractivity contribution in [3.8, 4) is 0 Å². The highest BCUT2D eigenvalue weighted by Crippen LogP contribution is 2.20. The third-order valence-corrected chi connectivity index (χ3v) is 2.45. The van der Waals surface area contributed by atoms with Crippen molar-refractivity contribution >= 4 is 29.1 Å². The second-order valence-corrected chi connectivity index (χ2v) is 4.20. The normalized spacial score (nSPS) is 9.89. The summed E-state index contributed by atoms with van der Waals surface area (Å²) >= 11 is 5.86. The maximum atomic E-state index is 11.9. The summed E-state index contributed by atoms with van der Waals surface area (Å²) in [6.45, 7) is 2.58. The average Bonchev–Trinajstić information content (AvgIpc) is 2.34. The summed E-state index contributed by atoms with van der Waals surface area (Å²) in [6.07, 6.45) is 0.935. The molecule has 0 unspecified atom stereocenters. The highest BCUT2D eigenvalue weighted by molar-refractivity contribution is 6.31. The lowest BCUT2D eigenvalue weighted by atomic mass is 10.1. The van der Waals surface area contributed by atoms with Crippen LogP contribution in [0.3, 0.4) is 0 Å². The highest BCUT2D eigenvalue weighted by atomic mass is 35.5. The summed E-state index contributed by atoms with van der Waals surface area (Å²) in [4.78, 5) is 22.5. The number of nitrogens with one attached hydrogen (secondary N) is 2. The van der Waals surface area contributed by atoms with Crippen LogP contribution in [0.5, 0.6) is 0 Å². The number of primary amides is 1.